The summed E-state index contributed by atoms with van der Waals surface area (Å²) < 4.78 is 9.09. The third kappa shape index (κ3) is 4.36. The highest BCUT2D eigenvalue weighted by molar-refractivity contribution is 5.81. The summed E-state index contributed by atoms with van der Waals surface area (Å²) in [7, 11) is 0. The van der Waals surface area contributed by atoms with Crippen molar-refractivity contribution in [2.45, 2.75) is 0 Å². The van der Waals surface area contributed by atoms with Gasteiger partial charge in [0.25, 0.3) is 0 Å². The highest BCUT2D eigenvalue weighted by atomic mass is 16.5. The molecule has 1 N–H and O–H groups in total. The molecule has 0 saturated carbocycles. The van der Waals surface area contributed by atoms with Crippen LogP contribution in [-0.2, 0) is 4.74 Å². The number of nitrogens with one attached hydrogen (secondary N) is 1. The molecule has 1 aliphatic rings. The van der Waals surface area contributed by atoms with Gasteiger partial charge in [-0.3, -0.25) is 4.40 Å². The summed E-state index contributed by atoms with van der Waals surface area (Å²) >= 11 is 0. The highest BCUT2D eigenvalue weighted by Gasteiger charge is 2.19. The van der Waals surface area contributed by atoms with Crippen molar-refractivity contribution in [2.75, 3.05) is 31.2 Å². The van der Waals surface area contributed by atoms with Crippen LogP contribution in [0.25, 0.3) is 45.6 Å². The molecule has 0 atom stereocenters. The van der Waals surface area contributed by atoms with Crippen LogP contribution in [0.2, 0.25) is 0 Å². The maximum Gasteiger partial charge on any atom is 0.347 e. The second-order valence-electron chi connectivity index (χ2n) is 9.27. The van der Waals surface area contributed by atoms with Gasteiger partial charge in [0.15, 0.2) is 11.5 Å². The minimum Gasteiger partial charge on any atom is -0.378 e. The predicted octanol–water partition coefficient (Wildman–Crippen LogP) is 3.83. The molecule has 0 unspecified atom stereocenters. The lowest BCUT2D eigenvalue weighted by Crippen LogP contribution is -2.37. The maximum absolute atomic E-state index is 12.0. The zero-order valence-electron chi connectivity index (χ0n) is 20.9. The van der Waals surface area contributed by atoms with E-state index in [0.29, 0.717) is 13.2 Å². The summed E-state index contributed by atoms with van der Waals surface area (Å²) in [5.41, 5.74) is 5.68. The number of hydrogen-bond acceptors (Lipinski definition) is 7. The smallest absolute Gasteiger partial charge is 0.347 e. The molecule has 1 saturated heterocycles. The molecule has 0 spiro atoms. The average Bonchev–Trinajstić information content (AvgIpc) is 3.62. The predicted molar refractivity (Wildman–Crippen MR) is 150 cm³/mol. The summed E-state index contributed by atoms with van der Waals surface area (Å²) in [6, 6.07) is 19.9. The molecule has 7 rings (SSSR count). The number of nitrogens with zero attached hydrogens (tertiary/aromatic N) is 7. The number of pyridine rings is 1. The maximum atomic E-state index is 12.0. The third-order valence-corrected chi connectivity index (χ3v) is 6.84. The molecule has 0 aliphatic carbocycles. The average molecular weight is 517 g/mol. The number of anilines is 1. The number of aromatic nitrogens is 7. The van der Waals surface area contributed by atoms with Gasteiger partial charge >= 0.3 is 5.69 Å². The fourth-order valence-corrected chi connectivity index (χ4v) is 4.84. The zero-order valence-corrected chi connectivity index (χ0v) is 20.9. The van der Waals surface area contributed by atoms with Crippen molar-refractivity contribution in [1.82, 2.24) is 34.1 Å². The van der Waals surface area contributed by atoms with Crippen LogP contribution in [0.3, 0.4) is 0 Å². The number of para-hydroxylation sites is 1. The Morgan fingerprint density at radius 2 is 1.72 bits per heavy atom. The molecule has 39 heavy (non-hydrogen) atoms. The minimum absolute atomic E-state index is 0.284. The van der Waals surface area contributed by atoms with Gasteiger partial charge in [0, 0.05) is 30.2 Å². The van der Waals surface area contributed by atoms with Crippen LogP contribution in [0.5, 0.6) is 0 Å². The van der Waals surface area contributed by atoms with Crippen molar-refractivity contribution < 1.29 is 4.74 Å². The summed E-state index contributed by atoms with van der Waals surface area (Å²) in [4.78, 5) is 28.7. The van der Waals surface area contributed by atoms with Crippen molar-refractivity contribution in [3.05, 3.63) is 101 Å². The molecule has 0 radical (unpaired) electrons. The summed E-state index contributed by atoms with van der Waals surface area (Å²) in [5.74, 6) is 0.826. The fourth-order valence-electron chi connectivity index (χ4n) is 4.84. The third-order valence-electron chi connectivity index (χ3n) is 6.84. The van der Waals surface area contributed by atoms with E-state index in [1.807, 2.05) is 73.1 Å². The number of ether oxygens (including phenoxy) is 1. The van der Waals surface area contributed by atoms with Crippen molar-refractivity contribution in [3.8, 4) is 16.9 Å². The lowest BCUT2D eigenvalue weighted by molar-refractivity contribution is 0.122. The molecule has 1 fully saturated rings. The first-order chi connectivity index (χ1) is 19.2. The van der Waals surface area contributed by atoms with E-state index < -0.39 is 0 Å². The molecule has 0 amide bonds. The number of benzene rings is 2. The van der Waals surface area contributed by atoms with Gasteiger partial charge in [0.05, 0.1) is 47.7 Å². The first-order valence-corrected chi connectivity index (χ1v) is 12.7. The molecular weight excluding hydrogens is 492 g/mol. The van der Waals surface area contributed by atoms with E-state index in [1.165, 1.54) is 10.9 Å². The van der Waals surface area contributed by atoms with Gasteiger partial charge in [-0.15, -0.1) is 0 Å². The molecule has 0 bridgehead atoms. The summed E-state index contributed by atoms with van der Waals surface area (Å²) in [6.07, 6.45) is 9.31. The number of imidazole rings is 1. The number of aromatic amines is 1. The van der Waals surface area contributed by atoms with E-state index in [9.17, 15) is 4.79 Å². The van der Waals surface area contributed by atoms with Crippen molar-refractivity contribution in [2.24, 2.45) is 0 Å². The van der Waals surface area contributed by atoms with E-state index in [2.05, 4.69) is 31.6 Å². The molecule has 5 heterocycles. The van der Waals surface area contributed by atoms with Gasteiger partial charge in [-0.2, -0.15) is 5.10 Å². The fraction of sp³-hybridized carbons (Fsp3) is 0.138. The lowest BCUT2D eigenvalue weighted by atomic mass is 10.1. The van der Waals surface area contributed by atoms with Gasteiger partial charge in [-0.1, -0.05) is 36.4 Å². The van der Waals surface area contributed by atoms with E-state index in [0.717, 1.165) is 63.8 Å². The van der Waals surface area contributed by atoms with Gasteiger partial charge in [-0.25, -0.2) is 29.4 Å². The van der Waals surface area contributed by atoms with Gasteiger partial charge in [0.1, 0.15) is 6.33 Å². The molecule has 10 nitrogen and oxygen atoms in total. The molecular formula is C29H24N8O2. The second-order valence-corrected chi connectivity index (χ2v) is 9.27. The molecule has 10 heteroatoms. The standard InChI is InChI=1S/C29H24N8O2/c38-29-34-31-19-37(29)24-11-6-21(7-12-24)26-17-30-27(35-13-15-39-16-14-35)28-33-23(18-36(26)28)10-9-22-8-5-20-3-1-2-4-25(20)32-22/h1-12,17-19H,13-16H2,(H,34,38)/b10-9+. The van der Waals surface area contributed by atoms with Gasteiger partial charge in [0.2, 0.25) is 0 Å². The number of hydrogen-bond donors (Lipinski definition) is 1. The molecule has 1 aliphatic heterocycles. The van der Waals surface area contributed by atoms with Crippen LogP contribution < -0.4 is 10.6 Å². The molecule has 2 aromatic carbocycles. The lowest BCUT2D eigenvalue weighted by Gasteiger charge is -2.28. The second kappa shape index (κ2) is 9.66. The number of morpholine rings is 1. The normalized spacial score (nSPS) is 14.1. The van der Waals surface area contributed by atoms with Crippen LogP contribution >= 0.6 is 0 Å². The molecule has 6 aromatic rings. The van der Waals surface area contributed by atoms with Crippen LogP contribution in [0.1, 0.15) is 11.4 Å². The quantitative estimate of drug-likeness (QED) is 0.371. The number of rotatable bonds is 5. The van der Waals surface area contributed by atoms with Crippen LogP contribution in [0, 0.1) is 0 Å². The molecule has 192 valence electrons. The Bertz CT molecular complexity index is 1880. The Balaban J connectivity index is 1.29. The minimum atomic E-state index is -0.284. The summed E-state index contributed by atoms with van der Waals surface area (Å²) in [5, 5.41) is 7.34. The molecule has 4 aromatic heterocycles. The summed E-state index contributed by atoms with van der Waals surface area (Å²) in [6.45, 7) is 2.83. The van der Waals surface area contributed by atoms with Crippen molar-refractivity contribution in [3.63, 3.8) is 0 Å². The highest BCUT2D eigenvalue weighted by Crippen LogP contribution is 2.28. The van der Waals surface area contributed by atoms with Crippen LogP contribution in [0.15, 0.2) is 84.2 Å². The Morgan fingerprint density at radius 1 is 0.897 bits per heavy atom. The first-order valence-electron chi connectivity index (χ1n) is 12.7. The van der Waals surface area contributed by atoms with E-state index >= 15 is 0 Å². The van der Waals surface area contributed by atoms with E-state index in [4.69, 9.17) is 19.7 Å². The van der Waals surface area contributed by atoms with E-state index in [1.54, 1.807) is 0 Å². The Morgan fingerprint density at radius 3 is 2.54 bits per heavy atom. The topological polar surface area (TPSA) is 106 Å². The number of fused-ring (bicyclic) bond motifs is 2. The van der Waals surface area contributed by atoms with Crippen molar-refractivity contribution in [1.29, 1.82) is 0 Å². The van der Waals surface area contributed by atoms with E-state index in [-0.39, 0.29) is 5.69 Å². The number of H-pyrrole nitrogens is 1. The van der Waals surface area contributed by atoms with Crippen LogP contribution in [-0.4, -0.2) is 60.4 Å². The van der Waals surface area contributed by atoms with Gasteiger partial charge in [-0.05, 0) is 36.4 Å². The first kappa shape index (κ1) is 23.1. The Labute approximate surface area is 222 Å². The zero-order chi connectivity index (χ0) is 26.2. The SMILES string of the molecule is O=c1[nH]ncn1-c1ccc(-c2cnc(N3CCOCC3)c3nc(/C=C/c4ccc5ccccc5n4)cn23)cc1. The monoisotopic (exact) mass is 516 g/mol. The van der Waals surface area contributed by atoms with Gasteiger partial charge < -0.3 is 9.64 Å². The Kier molecular flexibility index (Phi) is 5.71. The largest absolute Gasteiger partial charge is 0.378 e. The Hall–Kier alpha value is -5.09. The van der Waals surface area contributed by atoms with Crippen molar-refractivity contribution >= 4 is 34.5 Å². The van der Waals surface area contributed by atoms with Crippen LogP contribution in [0.4, 0.5) is 5.82 Å².